The van der Waals surface area contributed by atoms with E-state index in [1.165, 1.54) is 0 Å². The highest BCUT2D eigenvalue weighted by Gasteiger charge is 2.25. The average Bonchev–Trinajstić information content (AvgIpc) is 2.47. The van der Waals surface area contributed by atoms with Gasteiger partial charge in [-0.25, -0.2) is 0 Å². The lowest BCUT2D eigenvalue weighted by atomic mass is 9.87. The topological polar surface area (TPSA) is 53.7 Å². The van der Waals surface area contributed by atoms with Crippen LogP contribution in [0.3, 0.4) is 0 Å². The van der Waals surface area contributed by atoms with Gasteiger partial charge in [-0.3, -0.25) is 0 Å². The van der Waals surface area contributed by atoms with Crippen LogP contribution in [0.1, 0.15) is 24.4 Å². The van der Waals surface area contributed by atoms with Crippen LogP contribution in [-0.4, -0.2) is 27.4 Å². The molecule has 0 spiro atoms. The average molecular weight is 367 g/mol. The summed E-state index contributed by atoms with van der Waals surface area (Å²) in [5, 5.41) is 0. The third-order valence-electron chi connectivity index (χ3n) is 3.64. The molecule has 1 fully saturated rings. The molecule has 114 valence electrons. The summed E-state index contributed by atoms with van der Waals surface area (Å²) in [6.07, 6.45) is 2.00. The number of methoxy groups -OCH3 is 2. The zero-order valence-electron chi connectivity index (χ0n) is 11.7. The summed E-state index contributed by atoms with van der Waals surface area (Å²) in [6.45, 7) is 1.59. The molecule has 2 N–H and O–H groups in total. The predicted octanol–water partition coefficient (Wildman–Crippen LogP) is 3.31. The van der Waals surface area contributed by atoms with Crippen LogP contribution < -0.4 is 15.2 Å². The summed E-state index contributed by atoms with van der Waals surface area (Å²) in [4.78, 5) is 0. The fraction of sp³-hybridized carbons (Fsp3) is 0.571. The maximum atomic E-state index is 6.40. The first-order chi connectivity index (χ1) is 9.17. The van der Waals surface area contributed by atoms with E-state index in [9.17, 15) is 0 Å². The van der Waals surface area contributed by atoms with Gasteiger partial charge >= 0.3 is 0 Å². The number of ether oxygens (including phenoxy) is 3. The molecular weight excluding hydrogens is 346 g/mol. The van der Waals surface area contributed by atoms with Gasteiger partial charge in [-0.15, -0.1) is 12.4 Å². The van der Waals surface area contributed by atoms with E-state index < -0.39 is 0 Å². The molecule has 20 heavy (non-hydrogen) atoms. The molecule has 0 saturated carbocycles. The van der Waals surface area contributed by atoms with E-state index >= 15 is 0 Å². The summed E-state index contributed by atoms with van der Waals surface area (Å²) in [5.41, 5.74) is 7.46. The van der Waals surface area contributed by atoms with E-state index in [1.54, 1.807) is 14.2 Å². The van der Waals surface area contributed by atoms with Gasteiger partial charge in [-0.1, -0.05) is 15.9 Å². The summed E-state index contributed by atoms with van der Waals surface area (Å²) in [6, 6.07) is 3.86. The Balaban J connectivity index is 0.00000200. The lowest BCUT2D eigenvalue weighted by Gasteiger charge is -2.28. The van der Waals surface area contributed by atoms with Crippen molar-refractivity contribution >= 4 is 28.3 Å². The normalized spacial score (nSPS) is 17.2. The smallest absolute Gasteiger partial charge is 0.161 e. The SMILES string of the molecule is COc1cc(Br)c([C@@H](N)C2CCOCC2)cc1OC.Cl. The Morgan fingerprint density at radius 1 is 1.20 bits per heavy atom. The Bertz CT molecular complexity index is 439. The highest BCUT2D eigenvalue weighted by molar-refractivity contribution is 9.10. The van der Waals surface area contributed by atoms with Gasteiger partial charge in [0.05, 0.1) is 14.2 Å². The second kappa shape index (κ2) is 8.08. The van der Waals surface area contributed by atoms with E-state index in [1.807, 2.05) is 12.1 Å². The first-order valence-electron chi connectivity index (χ1n) is 6.42. The fourth-order valence-corrected chi connectivity index (χ4v) is 3.04. The van der Waals surface area contributed by atoms with E-state index in [0.29, 0.717) is 17.4 Å². The van der Waals surface area contributed by atoms with Crippen LogP contribution in [0.4, 0.5) is 0 Å². The van der Waals surface area contributed by atoms with Crippen molar-refractivity contribution in [3.05, 3.63) is 22.2 Å². The standard InChI is InChI=1S/C14H20BrNO3.ClH/c1-17-12-7-10(11(15)8-13(12)18-2)14(16)9-3-5-19-6-4-9;/h7-9,14H,3-6,16H2,1-2H3;1H/t14-;/m0./s1. The lowest BCUT2D eigenvalue weighted by molar-refractivity contribution is 0.0583. The lowest BCUT2D eigenvalue weighted by Crippen LogP contribution is -2.27. The second-order valence-electron chi connectivity index (χ2n) is 4.70. The molecule has 6 heteroatoms. The highest BCUT2D eigenvalue weighted by atomic mass is 79.9. The minimum atomic E-state index is -0.0157. The van der Waals surface area contributed by atoms with Crippen LogP contribution in [0.5, 0.6) is 11.5 Å². The monoisotopic (exact) mass is 365 g/mol. The van der Waals surface area contributed by atoms with Crippen LogP contribution in [0.15, 0.2) is 16.6 Å². The number of nitrogens with two attached hydrogens (primary N) is 1. The van der Waals surface area contributed by atoms with Gasteiger partial charge in [-0.05, 0) is 36.5 Å². The first kappa shape index (κ1) is 17.6. The number of benzene rings is 1. The Morgan fingerprint density at radius 3 is 2.30 bits per heavy atom. The number of rotatable bonds is 4. The van der Waals surface area contributed by atoms with Crippen molar-refractivity contribution in [2.24, 2.45) is 11.7 Å². The van der Waals surface area contributed by atoms with Gasteiger partial charge in [-0.2, -0.15) is 0 Å². The van der Waals surface area contributed by atoms with Gasteiger partial charge in [0.15, 0.2) is 11.5 Å². The molecule has 1 aliphatic rings. The first-order valence-corrected chi connectivity index (χ1v) is 7.21. The number of hydrogen-bond donors (Lipinski definition) is 1. The largest absolute Gasteiger partial charge is 0.493 e. The van der Waals surface area contributed by atoms with Gasteiger partial charge in [0.25, 0.3) is 0 Å². The molecule has 1 atom stereocenters. The van der Waals surface area contributed by atoms with Crippen LogP contribution in [0, 0.1) is 5.92 Å². The molecule has 1 aromatic carbocycles. The van der Waals surface area contributed by atoms with Gasteiger partial charge in [0.1, 0.15) is 0 Å². The van der Waals surface area contributed by atoms with Gasteiger partial charge in [0.2, 0.25) is 0 Å². The molecule has 1 saturated heterocycles. The molecular formula is C14H21BrClNO3. The predicted molar refractivity (Wildman–Crippen MR) is 85.0 cm³/mol. The molecule has 0 amide bonds. The molecule has 2 rings (SSSR count). The minimum Gasteiger partial charge on any atom is -0.493 e. The van der Waals surface area contributed by atoms with E-state index in [4.69, 9.17) is 19.9 Å². The molecule has 0 aromatic heterocycles. The zero-order chi connectivity index (χ0) is 13.8. The van der Waals surface area contributed by atoms with E-state index in [0.717, 1.165) is 36.1 Å². The van der Waals surface area contributed by atoms with Crippen molar-refractivity contribution < 1.29 is 14.2 Å². The van der Waals surface area contributed by atoms with Crippen LogP contribution in [0.2, 0.25) is 0 Å². The molecule has 0 radical (unpaired) electrons. The van der Waals surface area contributed by atoms with Crippen LogP contribution >= 0.6 is 28.3 Å². The molecule has 4 nitrogen and oxygen atoms in total. The maximum absolute atomic E-state index is 6.40. The molecule has 1 heterocycles. The summed E-state index contributed by atoms with van der Waals surface area (Å²) < 4.78 is 17.0. The second-order valence-corrected chi connectivity index (χ2v) is 5.56. The van der Waals surface area contributed by atoms with Gasteiger partial charge in [0, 0.05) is 23.7 Å². The Morgan fingerprint density at radius 2 is 1.75 bits per heavy atom. The third kappa shape index (κ3) is 3.79. The van der Waals surface area contributed by atoms with Crippen molar-refractivity contribution in [1.29, 1.82) is 0 Å². The summed E-state index contributed by atoms with van der Waals surface area (Å²) >= 11 is 3.57. The summed E-state index contributed by atoms with van der Waals surface area (Å²) in [7, 11) is 3.26. The number of halogens is 2. The van der Waals surface area contributed by atoms with Crippen molar-refractivity contribution in [2.75, 3.05) is 27.4 Å². The maximum Gasteiger partial charge on any atom is 0.161 e. The number of hydrogen-bond acceptors (Lipinski definition) is 4. The zero-order valence-corrected chi connectivity index (χ0v) is 14.1. The van der Waals surface area contributed by atoms with Crippen molar-refractivity contribution in [3.8, 4) is 11.5 Å². The molecule has 0 unspecified atom stereocenters. The Kier molecular flexibility index (Phi) is 7.09. The van der Waals surface area contributed by atoms with Gasteiger partial charge < -0.3 is 19.9 Å². The van der Waals surface area contributed by atoms with E-state index in [-0.39, 0.29) is 18.4 Å². The third-order valence-corrected chi connectivity index (χ3v) is 4.32. The molecule has 0 aliphatic carbocycles. The van der Waals surface area contributed by atoms with Crippen LogP contribution in [0.25, 0.3) is 0 Å². The highest BCUT2D eigenvalue weighted by Crippen LogP contribution is 2.39. The quantitative estimate of drug-likeness (QED) is 0.888. The van der Waals surface area contributed by atoms with Crippen LogP contribution in [-0.2, 0) is 4.74 Å². The molecule has 0 bridgehead atoms. The van der Waals surface area contributed by atoms with E-state index in [2.05, 4.69) is 15.9 Å². The fourth-order valence-electron chi connectivity index (χ4n) is 2.45. The molecule has 1 aromatic rings. The van der Waals surface area contributed by atoms with Crippen molar-refractivity contribution in [2.45, 2.75) is 18.9 Å². The Hall–Kier alpha value is -0.490. The van der Waals surface area contributed by atoms with Crippen molar-refractivity contribution in [1.82, 2.24) is 0 Å². The summed E-state index contributed by atoms with van der Waals surface area (Å²) in [5.74, 6) is 1.86. The van der Waals surface area contributed by atoms with Crippen molar-refractivity contribution in [3.63, 3.8) is 0 Å². The minimum absolute atomic E-state index is 0. The molecule has 1 aliphatic heterocycles. The Labute approximate surface area is 134 Å².